The van der Waals surface area contributed by atoms with Crippen LogP contribution in [0.4, 0.5) is 5.69 Å². The Morgan fingerprint density at radius 1 is 0.786 bits per heavy atom. The largest absolute Gasteiger partial charge is 0.363 e. The number of rotatable bonds is 4. The van der Waals surface area contributed by atoms with Crippen LogP contribution in [-0.2, 0) is 0 Å². The summed E-state index contributed by atoms with van der Waals surface area (Å²) < 4.78 is 0. The Morgan fingerprint density at radius 2 is 1.50 bits per heavy atom. The molecule has 1 saturated heterocycles. The van der Waals surface area contributed by atoms with Crippen molar-refractivity contribution in [2.75, 3.05) is 11.4 Å². The Morgan fingerprint density at radius 3 is 2.21 bits per heavy atom. The summed E-state index contributed by atoms with van der Waals surface area (Å²) >= 11 is 18.8. The topological polar surface area (TPSA) is 15.3 Å². The summed E-state index contributed by atoms with van der Waals surface area (Å²) in [4.78, 5) is 2.43. The summed E-state index contributed by atoms with van der Waals surface area (Å²) in [7, 11) is 0. The van der Waals surface area contributed by atoms with Gasteiger partial charge in [-0.1, -0.05) is 66.2 Å². The molecule has 2 atom stereocenters. The van der Waals surface area contributed by atoms with Gasteiger partial charge in [0.25, 0.3) is 0 Å². The molecule has 4 rings (SSSR count). The van der Waals surface area contributed by atoms with Crippen LogP contribution in [-0.4, -0.2) is 18.6 Å². The van der Waals surface area contributed by atoms with Gasteiger partial charge in [0.2, 0.25) is 0 Å². The molecule has 0 bridgehead atoms. The van der Waals surface area contributed by atoms with E-state index < -0.39 is 0 Å². The second-order valence-electron chi connectivity index (χ2n) is 8.08. The van der Waals surface area contributed by atoms with Crippen molar-refractivity contribution < 1.29 is 0 Å². The Hall–Kier alpha value is -0.930. The van der Waals surface area contributed by atoms with E-state index in [1.807, 2.05) is 30.3 Å². The molecule has 1 heterocycles. The van der Waals surface area contributed by atoms with Gasteiger partial charge in [0, 0.05) is 28.7 Å². The van der Waals surface area contributed by atoms with Gasteiger partial charge in [-0.05, 0) is 61.6 Å². The molecule has 0 amide bonds. The van der Waals surface area contributed by atoms with Crippen LogP contribution >= 0.6 is 34.8 Å². The fraction of sp³-hybridized carbons (Fsp3) is 0.478. The summed E-state index contributed by atoms with van der Waals surface area (Å²) in [5.41, 5.74) is 2.34. The molecule has 1 aliphatic heterocycles. The average Bonchev–Trinajstić information content (AvgIpc) is 2.70. The molecular weight excluding hydrogens is 411 g/mol. The van der Waals surface area contributed by atoms with E-state index in [-0.39, 0.29) is 6.04 Å². The zero-order valence-electron chi connectivity index (χ0n) is 16.0. The second-order valence-corrected chi connectivity index (χ2v) is 9.36. The van der Waals surface area contributed by atoms with Gasteiger partial charge in [-0.2, -0.15) is 0 Å². The number of nitrogens with one attached hydrogen (secondary N) is 1. The van der Waals surface area contributed by atoms with E-state index in [9.17, 15) is 0 Å². The van der Waals surface area contributed by atoms with Crippen LogP contribution in [0.15, 0.2) is 42.5 Å². The van der Waals surface area contributed by atoms with Crippen molar-refractivity contribution in [2.24, 2.45) is 0 Å². The first-order valence-electron chi connectivity index (χ1n) is 10.3. The minimum atomic E-state index is 0.269. The van der Waals surface area contributed by atoms with Gasteiger partial charge in [-0.15, -0.1) is 0 Å². The van der Waals surface area contributed by atoms with Gasteiger partial charge in [0.1, 0.15) is 0 Å². The molecule has 1 aliphatic carbocycles. The van der Waals surface area contributed by atoms with Gasteiger partial charge in [0.05, 0.1) is 16.8 Å². The quantitative estimate of drug-likeness (QED) is 0.540. The average molecular weight is 438 g/mol. The number of anilines is 1. The predicted molar refractivity (Wildman–Crippen MR) is 121 cm³/mol. The monoisotopic (exact) mass is 436 g/mol. The fourth-order valence-corrected chi connectivity index (χ4v) is 5.37. The Kier molecular flexibility index (Phi) is 6.73. The Balaban J connectivity index is 1.58. The third kappa shape index (κ3) is 4.79. The third-order valence-electron chi connectivity index (χ3n) is 6.15. The maximum Gasteiger partial charge on any atom is 0.0654 e. The molecule has 2 aliphatic rings. The first kappa shape index (κ1) is 20.3. The van der Waals surface area contributed by atoms with Crippen molar-refractivity contribution in [3.63, 3.8) is 0 Å². The lowest BCUT2D eigenvalue weighted by Gasteiger charge is -2.43. The van der Waals surface area contributed by atoms with Crippen molar-refractivity contribution in [3.8, 4) is 0 Å². The first-order valence-corrected chi connectivity index (χ1v) is 11.5. The van der Waals surface area contributed by atoms with Crippen LogP contribution in [0.25, 0.3) is 0 Å². The van der Waals surface area contributed by atoms with E-state index in [0.717, 1.165) is 30.1 Å². The number of hydrogen-bond donors (Lipinski definition) is 1. The SMILES string of the molecule is Clc1ccc(C2CC(NC3CCCCC3)CCN2c2ccc(Cl)cc2Cl)cc1. The smallest absolute Gasteiger partial charge is 0.0654 e. The molecule has 2 nitrogen and oxygen atoms in total. The molecule has 2 aromatic carbocycles. The molecule has 150 valence electrons. The number of halogens is 3. The highest BCUT2D eigenvalue weighted by molar-refractivity contribution is 6.36. The minimum Gasteiger partial charge on any atom is -0.363 e. The van der Waals surface area contributed by atoms with E-state index in [2.05, 4.69) is 22.3 Å². The van der Waals surface area contributed by atoms with Crippen LogP contribution in [0, 0.1) is 0 Å². The van der Waals surface area contributed by atoms with Crippen molar-refractivity contribution in [3.05, 3.63) is 63.1 Å². The maximum atomic E-state index is 6.57. The summed E-state index contributed by atoms with van der Waals surface area (Å²) in [5.74, 6) is 0. The predicted octanol–water partition coefficient (Wildman–Crippen LogP) is 7.28. The summed E-state index contributed by atoms with van der Waals surface area (Å²) in [6.07, 6.45) is 8.93. The van der Waals surface area contributed by atoms with Gasteiger partial charge in [-0.3, -0.25) is 0 Å². The molecule has 2 fully saturated rings. The van der Waals surface area contributed by atoms with Gasteiger partial charge >= 0.3 is 0 Å². The molecule has 2 unspecified atom stereocenters. The van der Waals surface area contributed by atoms with Crippen LogP contribution in [0.3, 0.4) is 0 Å². The van der Waals surface area contributed by atoms with Crippen LogP contribution in [0.1, 0.15) is 56.6 Å². The molecule has 0 aromatic heterocycles. The van der Waals surface area contributed by atoms with Crippen LogP contribution in [0.5, 0.6) is 0 Å². The number of nitrogens with zero attached hydrogens (tertiary/aromatic N) is 1. The fourth-order valence-electron chi connectivity index (χ4n) is 4.72. The van der Waals surface area contributed by atoms with E-state index in [1.54, 1.807) is 0 Å². The highest BCUT2D eigenvalue weighted by Gasteiger charge is 2.32. The highest BCUT2D eigenvalue weighted by Crippen LogP contribution is 2.40. The molecule has 2 aromatic rings. The third-order valence-corrected chi connectivity index (χ3v) is 6.94. The first-order chi connectivity index (χ1) is 13.6. The Bertz CT molecular complexity index is 787. The Labute approximate surface area is 183 Å². The highest BCUT2D eigenvalue weighted by atomic mass is 35.5. The molecule has 28 heavy (non-hydrogen) atoms. The molecule has 1 saturated carbocycles. The van der Waals surface area contributed by atoms with Crippen molar-refractivity contribution in [2.45, 2.75) is 63.1 Å². The molecule has 5 heteroatoms. The minimum absolute atomic E-state index is 0.269. The van der Waals surface area contributed by atoms with Crippen molar-refractivity contribution in [1.29, 1.82) is 0 Å². The summed E-state index contributed by atoms with van der Waals surface area (Å²) in [5, 5.41) is 6.11. The normalized spacial score (nSPS) is 23.8. The van der Waals surface area contributed by atoms with Crippen LogP contribution < -0.4 is 10.2 Å². The van der Waals surface area contributed by atoms with Gasteiger partial charge in [0.15, 0.2) is 0 Å². The number of benzene rings is 2. The molecule has 1 N–H and O–H groups in total. The van der Waals surface area contributed by atoms with Crippen molar-refractivity contribution >= 4 is 40.5 Å². The summed E-state index contributed by atoms with van der Waals surface area (Å²) in [6, 6.07) is 15.5. The van der Waals surface area contributed by atoms with E-state index in [0.29, 0.717) is 22.1 Å². The maximum absolute atomic E-state index is 6.57. The molecular formula is C23H27Cl3N2. The standard InChI is InChI=1S/C23H27Cl3N2/c24-17-8-6-16(7-9-17)23-15-20(27-19-4-2-1-3-5-19)12-13-28(23)22-11-10-18(25)14-21(22)26/h6-11,14,19-20,23,27H,1-5,12-13,15H2. The van der Waals surface area contributed by atoms with Gasteiger partial charge in [-0.25, -0.2) is 0 Å². The lowest BCUT2D eigenvalue weighted by molar-refractivity contribution is 0.286. The molecule has 0 radical (unpaired) electrons. The summed E-state index contributed by atoms with van der Waals surface area (Å²) in [6.45, 7) is 0.971. The zero-order valence-corrected chi connectivity index (χ0v) is 18.3. The van der Waals surface area contributed by atoms with Gasteiger partial charge < -0.3 is 10.2 Å². The van der Waals surface area contributed by atoms with E-state index in [4.69, 9.17) is 34.8 Å². The van der Waals surface area contributed by atoms with E-state index in [1.165, 1.54) is 37.7 Å². The molecule has 0 spiro atoms. The lowest BCUT2D eigenvalue weighted by Crippen LogP contribution is -2.48. The van der Waals surface area contributed by atoms with Crippen LogP contribution in [0.2, 0.25) is 15.1 Å². The zero-order chi connectivity index (χ0) is 19.5. The lowest BCUT2D eigenvalue weighted by atomic mass is 9.89. The van der Waals surface area contributed by atoms with E-state index >= 15 is 0 Å². The number of hydrogen-bond acceptors (Lipinski definition) is 2. The van der Waals surface area contributed by atoms with Crippen molar-refractivity contribution in [1.82, 2.24) is 5.32 Å². The number of piperidine rings is 1. The second kappa shape index (κ2) is 9.26.